The topological polar surface area (TPSA) is 55.6 Å². The Hall–Kier alpha value is -1.85. The summed E-state index contributed by atoms with van der Waals surface area (Å²) >= 11 is 6.25. The van der Waals surface area contributed by atoms with E-state index < -0.39 is 0 Å². The molecular weight excluding hydrogens is 328 g/mol. The highest BCUT2D eigenvalue weighted by Crippen LogP contribution is 2.28. The van der Waals surface area contributed by atoms with Crippen molar-refractivity contribution in [1.82, 2.24) is 10.1 Å². The fourth-order valence-electron chi connectivity index (χ4n) is 3.05. The predicted octanol–water partition coefficient (Wildman–Crippen LogP) is 3.48. The first-order valence-electron chi connectivity index (χ1n) is 8.12. The smallest absolute Gasteiger partial charge is 0.223 e. The summed E-state index contributed by atoms with van der Waals surface area (Å²) < 4.78 is 11.0. The van der Waals surface area contributed by atoms with Crippen LogP contribution in [0.25, 0.3) is 0 Å². The van der Waals surface area contributed by atoms with Gasteiger partial charge >= 0.3 is 0 Å². The summed E-state index contributed by atoms with van der Waals surface area (Å²) in [7, 11) is 0. The van der Waals surface area contributed by atoms with Gasteiger partial charge in [0.2, 0.25) is 5.91 Å². The Bertz CT molecular complexity index is 709. The number of hydrogen-bond donors (Lipinski definition) is 0. The SMILES string of the molecule is Cc1noc(C)c1CCC(=O)N1CCO[C@H](c2ccccc2Cl)C1. The molecule has 1 fully saturated rings. The molecule has 0 unspecified atom stereocenters. The van der Waals surface area contributed by atoms with Crippen molar-refractivity contribution in [3.8, 4) is 0 Å². The van der Waals surface area contributed by atoms with E-state index in [2.05, 4.69) is 5.16 Å². The van der Waals surface area contributed by atoms with Crippen LogP contribution < -0.4 is 0 Å². The molecule has 1 atom stereocenters. The number of aromatic nitrogens is 1. The molecule has 1 aliphatic heterocycles. The lowest BCUT2D eigenvalue weighted by atomic mass is 10.1. The average Bonchev–Trinajstić information content (AvgIpc) is 2.91. The van der Waals surface area contributed by atoms with Gasteiger partial charge in [0, 0.05) is 29.1 Å². The van der Waals surface area contributed by atoms with E-state index in [-0.39, 0.29) is 12.0 Å². The van der Waals surface area contributed by atoms with Crippen molar-refractivity contribution in [2.45, 2.75) is 32.8 Å². The summed E-state index contributed by atoms with van der Waals surface area (Å²) in [5, 5.41) is 4.61. The molecule has 2 heterocycles. The van der Waals surface area contributed by atoms with Gasteiger partial charge in [0.25, 0.3) is 0 Å². The summed E-state index contributed by atoms with van der Waals surface area (Å²) in [5.74, 6) is 0.909. The van der Waals surface area contributed by atoms with E-state index in [1.807, 2.05) is 43.0 Å². The number of carbonyl (C=O) groups excluding carboxylic acids is 1. The van der Waals surface area contributed by atoms with E-state index in [1.165, 1.54) is 0 Å². The van der Waals surface area contributed by atoms with E-state index in [0.717, 1.165) is 22.6 Å². The molecule has 1 aromatic heterocycles. The third-order valence-electron chi connectivity index (χ3n) is 4.44. The number of halogens is 1. The number of aryl methyl sites for hydroxylation is 2. The highest BCUT2D eigenvalue weighted by Gasteiger charge is 2.26. The lowest BCUT2D eigenvalue weighted by Gasteiger charge is -2.33. The summed E-state index contributed by atoms with van der Waals surface area (Å²) in [5.41, 5.74) is 2.82. The Balaban J connectivity index is 1.62. The van der Waals surface area contributed by atoms with Gasteiger partial charge in [-0.1, -0.05) is 35.0 Å². The van der Waals surface area contributed by atoms with Gasteiger partial charge < -0.3 is 14.2 Å². The Morgan fingerprint density at radius 1 is 1.38 bits per heavy atom. The van der Waals surface area contributed by atoms with Gasteiger partial charge in [-0.3, -0.25) is 4.79 Å². The maximum Gasteiger partial charge on any atom is 0.223 e. The number of benzene rings is 1. The molecule has 0 spiro atoms. The first-order valence-corrected chi connectivity index (χ1v) is 8.49. The molecule has 1 amide bonds. The van der Waals surface area contributed by atoms with Crippen molar-refractivity contribution in [2.24, 2.45) is 0 Å². The van der Waals surface area contributed by atoms with Crippen LogP contribution in [0.3, 0.4) is 0 Å². The highest BCUT2D eigenvalue weighted by molar-refractivity contribution is 6.31. The van der Waals surface area contributed by atoms with E-state index in [0.29, 0.717) is 37.6 Å². The monoisotopic (exact) mass is 348 g/mol. The number of carbonyl (C=O) groups is 1. The third kappa shape index (κ3) is 3.62. The van der Waals surface area contributed by atoms with Gasteiger partial charge in [-0.15, -0.1) is 0 Å². The van der Waals surface area contributed by atoms with Gasteiger partial charge in [-0.05, 0) is 26.3 Å². The van der Waals surface area contributed by atoms with Gasteiger partial charge in [0.05, 0.1) is 18.8 Å². The molecule has 0 saturated carbocycles. The van der Waals surface area contributed by atoms with Gasteiger partial charge in [-0.25, -0.2) is 0 Å². The van der Waals surface area contributed by atoms with Crippen LogP contribution in [0, 0.1) is 13.8 Å². The molecule has 0 aliphatic carbocycles. The van der Waals surface area contributed by atoms with Crippen LogP contribution in [-0.2, 0) is 16.0 Å². The molecule has 1 aromatic carbocycles. The second kappa shape index (κ2) is 7.36. The zero-order valence-corrected chi connectivity index (χ0v) is 14.7. The van der Waals surface area contributed by atoms with Crippen LogP contribution >= 0.6 is 11.6 Å². The summed E-state index contributed by atoms with van der Waals surface area (Å²) in [6, 6.07) is 7.62. The minimum absolute atomic E-state index is 0.121. The number of rotatable bonds is 4. The first-order chi connectivity index (χ1) is 11.6. The van der Waals surface area contributed by atoms with Crippen molar-refractivity contribution < 1.29 is 14.1 Å². The fraction of sp³-hybridized carbons (Fsp3) is 0.444. The first kappa shape index (κ1) is 17.0. The van der Waals surface area contributed by atoms with E-state index in [4.69, 9.17) is 20.9 Å². The van der Waals surface area contributed by atoms with Crippen molar-refractivity contribution in [2.75, 3.05) is 19.7 Å². The van der Waals surface area contributed by atoms with Crippen molar-refractivity contribution >= 4 is 17.5 Å². The fourth-order valence-corrected chi connectivity index (χ4v) is 3.31. The molecule has 2 aromatic rings. The van der Waals surface area contributed by atoms with E-state index >= 15 is 0 Å². The number of nitrogens with zero attached hydrogens (tertiary/aromatic N) is 2. The van der Waals surface area contributed by atoms with Gasteiger partial charge in [0.1, 0.15) is 11.9 Å². The maximum absolute atomic E-state index is 12.6. The highest BCUT2D eigenvalue weighted by atomic mass is 35.5. The molecule has 1 aliphatic rings. The second-order valence-electron chi connectivity index (χ2n) is 6.02. The largest absolute Gasteiger partial charge is 0.370 e. The lowest BCUT2D eigenvalue weighted by Crippen LogP contribution is -2.42. The Morgan fingerprint density at radius 3 is 2.88 bits per heavy atom. The number of morpholine rings is 1. The minimum Gasteiger partial charge on any atom is -0.370 e. The quantitative estimate of drug-likeness (QED) is 0.848. The second-order valence-corrected chi connectivity index (χ2v) is 6.43. The maximum atomic E-state index is 12.6. The molecule has 6 heteroatoms. The van der Waals surface area contributed by atoms with Crippen LogP contribution in [0.5, 0.6) is 0 Å². The van der Waals surface area contributed by atoms with Crippen LogP contribution in [0.2, 0.25) is 5.02 Å². The molecule has 0 bridgehead atoms. The molecular formula is C18H21ClN2O3. The van der Waals surface area contributed by atoms with Crippen molar-refractivity contribution in [3.63, 3.8) is 0 Å². The normalized spacial score (nSPS) is 18.0. The average molecular weight is 349 g/mol. The van der Waals surface area contributed by atoms with E-state index in [1.54, 1.807) is 0 Å². The number of amides is 1. The molecule has 128 valence electrons. The van der Waals surface area contributed by atoms with Crippen LogP contribution in [0.4, 0.5) is 0 Å². The predicted molar refractivity (Wildman–Crippen MR) is 91.0 cm³/mol. The zero-order chi connectivity index (χ0) is 17.1. The summed E-state index contributed by atoms with van der Waals surface area (Å²) in [6.07, 6.45) is 0.919. The Kier molecular flexibility index (Phi) is 5.21. The Labute approximate surface area is 146 Å². The number of hydrogen-bond acceptors (Lipinski definition) is 4. The minimum atomic E-state index is -0.171. The van der Waals surface area contributed by atoms with Crippen LogP contribution in [-0.4, -0.2) is 35.7 Å². The van der Waals surface area contributed by atoms with Crippen molar-refractivity contribution in [3.05, 3.63) is 51.9 Å². The summed E-state index contributed by atoms with van der Waals surface area (Å²) in [6.45, 7) is 5.44. The van der Waals surface area contributed by atoms with E-state index in [9.17, 15) is 4.79 Å². The van der Waals surface area contributed by atoms with Gasteiger partial charge in [-0.2, -0.15) is 0 Å². The van der Waals surface area contributed by atoms with Crippen LogP contribution in [0.15, 0.2) is 28.8 Å². The summed E-state index contributed by atoms with van der Waals surface area (Å²) in [4.78, 5) is 14.4. The lowest BCUT2D eigenvalue weighted by molar-refractivity contribution is -0.139. The van der Waals surface area contributed by atoms with Gasteiger partial charge in [0.15, 0.2) is 0 Å². The zero-order valence-electron chi connectivity index (χ0n) is 13.9. The Morgan fingerprint density at radius 2 is 2.17 bits per heavy atom. The molecule has 3 rings (SSSR count). The standard InChI is InChI=1S/C18H21ClN2O3/c1-12-14(13(2)24-20-12)7-8-18(22)21-9-10-23-17(11-21)15-5-3-4-6-16(15)19/h3-6,17H,7-11H2,1-2H3/t17-/m0/s1. The molecule has 5 nitrogen and oxygen atoms in total. The third-order valence-corrected chi connectivity index (χ3v) is 4.79. The van der Waals surface area contributed by atoms with Crippen LogP contribution in [0.1, 0.15) is 35.1 Å². The molecule has 1 saturated heterocycles. The molecule has 0 radical (unpaired) electrons. The van der Waals surface area contributed by atoms with Crippen molar-refractivity contribution in [1.29, 1.82) is 0 Å². The number of ether oxygens (including phenoxy) is 1. The molecule has 24 heavy (non-hydrogen) atoms. The molecule has 0 N–H and O–H groups in total.